The number of benzene rings is 1. The van der Waals surface area contributed by atoms with E-state index in [4.69, 9.17) is 20.2 Å². The van der Waals surface area contributed by atoms with Crippen LogP contribution in [0.15, 0.2) is 17.0 Å². The lowest BCUT2D eigenvalue weighted by atomic mass is 10.3. The van der Waals surface area contributed by atoms with Gasteiger partial charge in [0.2, 0.25) is 0 Å². The fourth-order valence-electron chi connectivity index (χ4n) is 1.34. The number of ether oxygens (including phenoxy) is 2. The predicted octanol–water partition coefficient (Wildman–Crippen LogP) is 2.70. The summed E-state index contributed by atoms with van der Waals surface area (Å²) in [6.45, 7) is 2.77. The Labute approximate surface area is 114 Å². The molecule has 0 aliphatic rings. The van der Waals surface area contributed by atoms with E-state index in [9.17, 15) is 17.2 Å². The molecule has 0 saturated heterocycles. The summed E-state index contributed by atoms with van der Waals surface area (Å²) in [6, 6.07) is 1.15. The summed E-state index contributed by atoms with van der Waals surface area (Å²) in [5.74, 6) is -2.73. The second-order valence-corrected chi connectivity index (χ2v) is 6.09. The van der Waals surface area contributed by atoms with E-state index < -0.39 is 31.3 Å². The molecule has 0 heterocycles. The largest absolute Gasteiger partial charge is 0.489 e. The molecule has 0 fully saturated rings. The lowest BCUT2D eigenvalue weighted by molar-refractivity contribution is 0.129. The van der Waals surface area contributed by atoms with Gasteiger partial charge in [-0.25, -0.2) is 17.2 Å². The van der Waals surface area contributed by atoms with Crippen LogP contribution in [0.2, 0.25) is 0 Å². The molecule has 0 atom stereocenters. The third-order valence-electron chi connectivity index (χ3n) is 2.12. The van der Waals surface area contributed by atoms with E-state index in [-0.39, 0.29) is 6.61 Å². The van der Waals surface area contributed by atoms with Gasteiger partial charge in [0.05, 0.1) is 6.61 Å². The van der Waals surface area contributed by atoms with Gasteiger partial charge in [0.15, 0.2) is 11.6 Å². The number of rotatable bonds is 7. The Bertz CT molecular complexity index is 534. The van der Waals surface area contributed by atoms with Crippen molar-refractivity contribution in [3.63, 3.8) is 0 Å². The van der Waals surface area contributed by atoms with Gasteiger partial charge in [-0.3, -0.25) is 0 Å². The van der Waals surface area contributed by atoms with Crippen LogP contribution >= 0.6 is 10.7 Å². The van der Waals surface area contributed by atoms with Crippen molar-refractivity contribution in [3.8, 4) is 5.75 Å². The topological polar surface area (TPSA) is 52.6 Å². The molecule has 1 rings (SSSR count). The van der Waals surface area contributed by atoms with Gasteiger partial charge in [-0.05, 0) is 13.0 Å². The van der Waals surface area contributed by atoms with Gasteiger partial charge in [0.25, 0.3) is 9.05 Å². The van der Waals surface area contributed by atoms with Crippen LogP contribution in [0.4, 0.5) is 8.78 Å². The minimum atomic E-state index is -4.29. The Morgan fingerprint density at radius 1 is 1.26 bits per heavy atom. The smallest absolute Gasteiger partial charge is 0.265 e. The molecule has 0 spiro atoms. The quantitative estimate of drug-likeness (QED) is 0.573. The average Bonchev–Trinajstić information content (AvgIpc) is 2.29. The predicted molar refractivity (Wildman–Crippen MR) is 66.0 cm³/mol. The lowest BCUT2D eigenvalue weighted by Gasteiger charge is -2.10. The summed E-state index contributed by atoms with van der Waals surface area (Å²) in [4.78, 5) is -0.719. The van der Waals surface area contributed by atoms with Gasteiger partial charge in [0, 0.05) is 36.4 Å². The lowest BCUT2D eigenvalue weighted by Crippen LogP contribution is -2.07. The second-order valence-electron chi connectivity index (χ2n) is 3.55. The van der Waals surface area contributed by atoms with Crippen molar-refractivity contribution in [2.24, 2.45) is 0 Å². The van der Waals surface area contributed by atoms with Crippen molar-refractivity contribution in [2.75, 3.05) is 19.8 Å². The van der Waals surface area contributed by atoms with Crippen LogP contribution in [0.3, 0.4) is 0 Å². The van der Waals surface area contributed by atoms with Crippen molar-refractivity contribution < 1.29 is 26.7 Å². The molecule has 19 heavy (non-hydrogen) atoms. The average molecular weight is 315 g/mol. The Hall–Kier alpha value is -0.920. The standard InChI is InChI=1S/C11H13ClF2O4S/c1-2-17-4-3-5-18-11-9(14)6-8(13)7-10(11)19(12,15)16/h6-7H,2-5H2,1H3. The SMILES string of the molecule is CCOCCCOc1c(F)cc(F)cc1S(=O)(=O)Cl. The van der Waals surface area contributed by atoms with Crippen molar-refractivity contribution in [3.05, 3.63) is 23.8 Å². The molecule has 0 N–H and O–H groups in total. The highest BCUT2D eigenvalue weighted by Crippen LogP contribution is 2.30. The first-order valence-electron chi connectivity index (χ1n) is 5.50. The fraction of sp³-hybridized carbons (Fsp3) is 0.455. The second kappa shape index (κ2) is 7.02. The van der Waals surface area contributed by atoms with Gasteiger partial charge in [-0.1, -0.05) is 0 Å². The van der Waals surface area contributed by atoms with Crippen LogP contribution < -0.4 is 4.74 Å². The fourth-order valence-corrected chi connectivity index (χ4v) is 2.31. The first-order valence-corrected chi connectivity index (χ1v) is 7.81. The third kappa shape index (κ3) is 4.93. The van der Waals surface area contributed by atoms with Gasteiger partial charge in [-0.15, -0.1) is 0 Å². The highest BCUT2D eigenvalue weighted by Gasteiger charge is 2.22. The minimum Gasteiger partial charge on any atom is -0.489 e. The van der Waals surface area contributed by atoms with Gasteiger partial charge < -0.3 is 9.47 Å². The van der Waals surface area contributed by atoms with Crippen LogP contribution in [0.25, 0.3) is 0 Å². The van der Waals surface area contributed by atoms with Crippen molar-refractivity contribution in [2.45, 2.75) is 18.2 Å². The van der Waals surface area contributed by atoms with Crippen LogP contribution in [0.5, 0.6) is 5.75 Å². The molecule has 4 nitrogen and oxygen atoms in total. The molecule has 0 amide bonds. The molecule has 0 saturated carbocycles. The van der Waals surface area contributed by atoms with E-state index in [1.54, 1.807) is 0 Å². The molecule has 0 bridgehead atoms. The van der Waals surface area contributed by atoms with Crippen LogP contribution in [0.1, 0.15) is 13.3 Å². The minimum absolute atomic E-state index is 0.0297. The molecule has 0 aliphatic carbocycles. The van der Waals surface area contributed by atoms with Crippen molar-refractivity contribution in [1.82, 2.24) is 0 Å². The van der Waals surface area contributed by atoms with Gasteiger partial charge in [-0.2, -0.15) is 0 Å². The number of halogens is 3. The van der Waals surface area contributed by atoms with E-state index in [1.165, 1.54) is 0 Å². The molecule has 0 aliphatic heterocycles. The van der Waals surface area contributed by atoms with E-state index in [2.05, 4.69) is 0 Å². The zero-order valence-corrected chi connectivity index (χ0v) is 11.7. The Morgan fingerprint density at radius 3 is 2.53 bits per heavy atom. The molecule has 0 radical (unpaired) electrons. The summed E-state index contributed by atoms with van der Waals surface area (Å²) in [7, 11) is 0.815. The Balaban J connectivity index is 2.87. The summed E-state index contributed by atoms with van der Waals surface area (Å²) in [5, 5.41) is 0. The first-order chi connectivity index (χ1) is 8.86. The monoisotopic (exact) mass is 314 g/mol. The molecule has 0 unspecified atom stereocenters. The highest BCUT2D eigenvalue weighted by molar-refractivity contribution is 8.13. The maximum atomic E-state index is 13.5. The van der Waals surface area contributed by atoms with E-state index in [1.807, 2.05) is 6.92 Å². The normalized spacial score (nSPS) is 11.6. The van der Waals surface area contributed by atoms with E-state index in [0.29, 0.717) is 31.8 Å². The van der Waals surface area contributed by atoms with Crippen LogP contribution in [-0.2, 0) is 13.8 Å². The maximum absolute atomic E-state index is 13.5. The Kier molecular flexibility index (Phi) is 5.96. The zero-order chi connectivity index (χ0) is 14.5. The third-order valence-corrected chi connectivity index (χ3v) is 3.45. The van der Waals surface area contributed by atoms with Crippen LogP contribution in [0, 0.1) is 11.6 Å². The van der Waals surface area contributed by atoms with Gasteiger partial charge in [0.1, 0.15) is 10.7 Å². The highest BCUT2D eigenvalue weighted by atomic mass is 35.7. The summed E-state index contributed by atoms with van der Waals surface area (Å²) < 4.78 is 59.0. The van der Waals surface area contributed by atoms with Crippen LogP contribution in [-0.4, -0.2) is 28.2 Å². The molecule has 1 aromatic carbocycles. The maximum Gasteiger partial charge on any atom is 0.265 e. The zero-order valence-electron chi connectivity index (χ0n) is 10.2. The number of hydrogen-bond acceptors (Lipinski definition) is 4. The molecule has 0 aromatic heterocycles. The first kappa shape index (κ1) is 16.1. The molecular weight excluding hydrogens is 302 g/mol. The summed E-state index contributed by atoms with van der Waals surface area (Å²) in [6.07, 6.45) is 0.437. The van der Waals surface area contributed by atoms with E-state index >= 15 is 0 Å². The molecule has 108 valence electrons. The summed E-state index contributed by atoms with van der Waals surface area (Å²) >= 11 is 0. The molecule has 1 aromatic rings. The Morgan fingerprint density at radius 2 is 1.95 bits per heavy atom. The van der Waals surface area contributed by atoms with Gasteiger partial charge >= 0.3 is 0 Å². The van der Waals surface area contributed by atoms with E-state index in [0.717, 1.165) is 0 Å². The molecular formula is C11H13ClF2O4S. The van der Waals surface area contributed by atoms with Crippen molar-refractivity contribution >= 4 is 19.7 Å². The van der Waals surface area contributed by atoms with Crippen molar-refractivity contribution in [1.29, 1.82) is 0 Å². The molecule has 8 heteroatoms. The number of hydrogen-bond donors (Lipinski definition) is 0. The summed E-state index contributed by atoms with van der Waals surface area (Å²) in [5.41, 5.74) is 0.